The molecule has 0 N–H and O–H groups in total. The molecule has 88 valence electrons. The highest BCUT2D eigenvalue weighted by atomic mass is 19.4. The highest BCUT2D eigenvalue weighted by Crippen LogP contribution is 2.14. The summed E-state index contributed by atoms with van der Waals surface area (Å²) in [7, 11) is 1.21. The maximum atomic E-state index is 11.6. The van der Waals surface area contributed by atoms with Crippen molar-refractivity contribution in [2.24, 2.45) is 0 Å². The van der Waals surface area contributed by atoms with Gasteiger partial charge in [0, 0.05) is 5.57 Å². The molecule has 0 saturated heterocycles. The fourth-order valence-electron chi connectivity index (χ4n) is 0.837. The quantitative estimate of drug-likeness (QED) is 0.409. The Morgan fingerprint density at radius 1 is 1.40 bits per heavy atom. The average molecular weight is 226 g/mol. The Hall–Kier alpha value is -1.04. The van der Waals surface area contributed by atoms with E-state index in [1.165, 1.54) is 13.2 Å². The minimum Gasteiger partial charge on any atom is -0.466 e. The van der Waals surface area contributed by atoms with Gasteiger partial charge in [-0.05, 0) is 12.5 Å². The lowest BCUT2D eigenvalue weighted by molar-refractivity contribution is -0.171. The molecule has 0 aromatic rings. The van der Waals surface area contributed by atoms with Gasteiger partial charge < -0.3 is 9.47 Å². The van der Waals surface area contributed by atoms with Crippen LogP contribution in [-0.4, -0.2) is 32.5 Å². The van der Waals surface area contributed by atoms with Crippen molar-refractivity contribution < 1.29 is 27.4 Å². The summed E-state index contributed by atoms with van der Waals surface area (Å²) in [4.78, 5) is 11.0. The van der Waals surface area contributed by atoms with E-state index in [9.17, 15) is 18.0 Å². The van der Waals surface area contributed by atoms with E-state index in [2.05, 4.69) is 9.47 Å². The van der Waals surface area contributed by atoms with Gasteiger partial charge >= 0.3 is 12.1 Å². The maximum absolute atomic E-state index is 11.6. The summed E-state index contributed by atoms with van der Waals surface area (Å²) < 4.78 is 43.7. The summed E-state index contributed by atoms with van der Waals surface area (Å²) in [5.41, 5.74) is 0.305. The third-order valence-corrected chi connectivity index (χ3v) is 1.54. The minimum absolute atomic E-state index is 0.252. The number of esters is 1. The zero-order valence-electron chi connectivity index (χ0n) is 8.56. The number of ether oxygens (including phenoxy) is 2. The second-order valence-corrected chi connectivity index (χ2v) is 2.70. The second-order valence-electron chi connectivity index (χ2n) is 2.70. The molecule has 0 aromatic carbocycles. The summed E-state index contributed by atoms with van der Waals surface area (Å²) in [6.07, 6.45) is -2.66. The molecule has 0 aliphatic rings. The van der Waals surface area contributed by atoms with E-state index in [4.69, 9.17) is 0 Å². The molecule has 0 aliphatic heterocycles. The smallest absolute Gasteiger partial charge is 0.411 e. The Kier molecular flexibility index (Phi) is 6.00. The molecular weight excluding hydrogens is 213 g/mol. The van der Waals surface area contributed by atoms with Crippen molar-refractivity contribution in [2.75, 3.05) is 20.3 Å². The van der Waals surface area contributed by atoms with Gasteiger partial charge in [-0.25, -0.2) is 4.79 Å². The van der Waals surface area contributed by atoms with Crippen molar-refractivity contribution in [2.45, 2.75) is 19.5 Å². The first-order valence-electron chi connectivity index (χ1n) is 4.32. The van der Waals surface area contributed by atoms with E-state index in [0.717, 1.165) is 0 Å². The van der Waals surface area contributed by atoms with E-state index >= 15 is 0 Å². The first-order valence-corrected chi connectivity index (χ1v) is 4.32. The van der Waals surface area contributed by atoms with Gasteiger partial charge in [0.2, 0.25) is 0 Å². The van der Waals surface area contributed by atoms with Crippen LogP contribution in [0.3, 0.4) is 0 Å². The zero-order valence-corrected chi connectivity index (χ0v) is 8.56. The summed E-state index contributed by atoms with van der Waals surface area (Å²) in [5, 5.41) is 0. The Balaban J connectivity index is 3.98. The van der Waals surface area contributed by atoms with Crippen molar-refractivity contribution in [3.05, 3.63) is 11.6 Å². The standard InChI is InChI=1S/C9H13F3O3/c1-3-7(8(13)14-2)4-5-15-6-9(10,11)12/h4H,3,5-6H2,1-2H3. The number of alkyl halides is 3. The van der Waals surface area contributed by atoms with Crippen molar-refractivity contribution in [1.82, 2.24) is 0 Å². The molecule has 0 aliphatic carbocycles. The first-order chi connectivity index (χ1) is 6.90. The van der Waals surface area contributed by atoms with Crippen LogP contribution in [0.4, 0.5) is 13.2 Å². The Morgan fingerprint density at radius 3 is 2.40 bits per heavy atom. The molecule has 0 amide bonds. The molecule has 6 heteroatoms. The van der Waals surface area contributed by atoms with Gasteiger partial charge in [0.05, 0.1) is 13.7 Å². The number of rotatable bonds is 5. The molecule has 0 heterocycles. The van der Waals surface area contributed by atoms with E-state index in [-0.39, 0.29) is 6.61 Å². The molecule has 0 unspecified atom stereocenters. The van der Waals surface area contributed by atoms with Gasteiger partial charge in [-0.1, -0.05) is 6.92 Å². The van der Waals surface area contributed by atoms with Crippen LogP contribution in [0.2, 0.25) is 0 Å². The van der Waals surface area contributed by atoms with Crippen LogP contribution in [0.5, 0.6) is 0 Å². The summed E-state index contributed by atoms with van der Waals surface area (Å²) >= 11 is 0. The average Bonchev–Trinajstić information content (AvgIpc) is 2.15. The number of hydrogen-bond acceptors (Lipinski definition) is 3. The van der Waals surface area contributed by atoms with E-state index in [1.807, 2.05) is 0 Å². The molecule has 0 spiro atoms. The molecule has 0 radical (unpaired) electrons. The van der Waals surface area contributed by atoms with E-state index in [1.54, 1.807) is 6.92 Å². The van der Waals surface area contributed by atoms with Gasteiger partial charge in [-0.3, -0.25) is 0 Å². The van der Waals surface area contributed by atoms with E-state index < -0.39 is 18.8 Å². The SMILES string of the molecule is CCC(=CCOCC(F)(F)F)C(=O)OC. The number of hydrogen-bond donors (Lipinski definition) is 0. The molecule has 15 heavy (non-hydrogen) atoms. The lowest BCUT2D eigenvalue weighted by Crippen LogP contribution is -2.17. The number of halogens is 3. The summed E-state index contributed by atoms with van der Waals surface area (Å²) in [6.45, 7) is 0.131. The highest BCUT2D eigenvalue weighted by Gasteiger charge is 2.27. The van der Waals surface area contributed by atoms with Crippen LogP contribution in [0, 0.1) is 0 Å². The fraction of sp³-hybridized carbons (Fsp3) is 0.667. The maximum Gasteiger partial charge on any atom is 0.411 e. The molecule has 3 nitrogen and oxygen atoms in total. The second kappa shape index (κ2) is 6.44. The van der Waals surface area contributed by atoms with Crippen LogP contribution in [0.1, 0.15) is 13.3 Å². The van der Waals surface area contributed by atoms with Gasteiger partial charge in [-0.2, -0.15) is 13.2 Å². The van der Waals surface area contributed by atoms with Gasteiger partial charge in [0.25, 0.3) is 0 Å². The largest absolute Gasteiger partial charge is 0.466 e. The van der Waals surface area contributed by atoms with E-state index in [0.29, 0.717) is 12.0 Å². The predicted octanol–water partition coefficient (Wildman–Crippen LogP) is 2.07. The van der Waals surface area contributed by atoms with Gasteiger partial charge in [0.15, 0.2) is 0 Å². The van der Waals surface area contributed by atoms with Crippen LogP contribution < -0.4 is 0 Å². The molecule has 0 fully saturated rings. The van der Waals surface area contributed by atoms with Crippen LogP contribution in [-0.2, 0) is 14.3 Å². The number of carbonyl (C=O) groups is 1. The van der Waals surface area contributed by atoms with Gasteiger partial charge in [-0.15, -0.1) is 0 Å². The minimum atomic E-state index is -4.34. The fourth-order valence-corrected chi connectivity index (χ4v) is 0.837. The monoisotopic (exact) mass is 226 g/mol. The molecule has 0 bridgehead atoms. The lowest BCUT2D eigenvalue weighted by atomic mass is 10.2. The third-order valence-electron chi connectivity index (χ3n) is 1.54. The number of methoxy groups -OCH3 is 1. The third kappa shape index (κ3) is 6.96. The highest BCUT2D eigenvalue weighted by molar-refractivity contribution is 5.88. The van der Waals surface area contributed by atoms with Crippen LogP contribution >= 0.6 is 0 Å². The molecule has 0 saturated carbocycles. The molecule has 0 atom stereocenters. The Morgan fingerprint density at radius 2 is 2.00 bits per heavy atom. The predicted molar refractivity (Wildman–Crippen MR) is 47.3 cm³/mol. The van der Waals surface area contributed by atoms with Crippen molar-refractivity contribution in [3.8, 4) is 0 Å². The van der Waals surface area contributed by atoms with Crippen molar-refractivity contribution in [1.29, 1.82) is 0 Å². The van der Waals surface area contributed by atoms with Gasteiger partial charge in [0.1, 0.15) is 6.61 Å². The normalized spacial score (nSPS) is 12.7. The molecule has 0 rings (SSSR count). The topological polar surface area (TPSA) is 35.5 Å². The van der Waals surface area contributed by atoms with Crippen LogP contribution in [0.25, 0.3) is 0 Å². The summed E-state index contributed by atoms with van der Waals surface area (Å²) in [5.74, 6) is -0.548. The number of carbonyl (C=O) groups excluding carboxylic acids is 1. The summed E-state index contributed by atoms with van der Waals surface area (Å²) in [6, 6.07) is 0. The Bertz CT molecular complexity index is 233. The molecular formula is C9H13F3O3. The zero-order chi connectivity index (χ0) is 11.9. The Labute approximate surface area is 85.9 Å². The first kappa shape index (κ1) is 14.0. The van der Waals surface area contributed by atoms with Crippen molar-refractivity contribution in [3.63, 3.8) is 0 Å². The molecule has 0 aromatic heterocycles. The lowest BCUT2D eigenvalue weighted by Gasteiger charge is -2.06. The van der Waals surface area contributed by atoms with Crippen molar-refractivity contribution >= 4 is 5.97 Å². The van der Waals surface area contributed by atoms with Crippen LogP contribution in [0.15, 0.2) is 11.6 Å².